The molecule has 0 amide bonds. The molecule has 4 nitrogen and oxygen atoms in total. The van der Waals surface area contributed by atoms with Crippen LogP contribution in [0.3, 0.4) is 0 Å². The highest BCUT2D eigenvalue weighted by atomic mass is 16.6. The van der Waals surface area contributed by atoms with Crippen molar-refractivity contribution in [2.24, 2.45) is 0 Å². The minimum atomic E-state index is -0.769. The Kier molecular flexibility index (Phi) is 2.65. The Morgan fingerprint density at radius 3 is 2.76 bits per heavy atom. The third kappa shape index (κ3) is 1.85. The Labute approximate surface area is 99.4 Å². The second kappa shape index (κ2) is 4.30. The summed E-state index contributed by atoms with van der Waals surface area (Å²) in [5.74, 6) is 1.92. The first kappa shape index (κ1) is 10.5. The number of fused-ring (bicyclic) bond motifs is 1. The average Bonchev–Trinajstić information content (AvgIpc) is 2.91. The molecule has 2 heterocycles. The Bertz CT molecular complexity index is 453. The molecule has 90 valence electrons. The molecule has 3 rings (SSSR count). The predicted octanol–water partition coefficient (Wildman–Crippen LogP) is 1.80. The highest BCUT2D eigenvalue weighted by Crippen LogP contribution is 2.39. The van der Waals surface area contributed by atoms with Crippen molar-refractivity contribution < 1.29 is 19.3 Å². The van der Waals surface area contributed by atoms with Gasteiger partial charge >= 0.3 is 0 Å². The first-order valence-electron chi connectivity index (χ1n) is 5.75. The van der Waals surface area contributed by atoms with Crippen molar-refractivity contribution >= 4 is 0 Å². The van der Waals surface area contributed by atoms with Crippen LogP contribution in [0.5, 0.6) is 11.5 Å². The van der Waals surface area contributed by atoms with E-state index in [0.29, 0.717) is 42.6 Å². The number of ether oxygens (including phenoxy) is 3. The predicted molar refractivity (Wildman–Crippen MR) is 61.0 cm³/mol. The van der Waals surface area contributed by atoms with Gasteiger partial charge in [0.15, 0.2) is 11.5 Å². The SMILES string of the molecule is OC(C1=CCCO1)c1cccc2c1OCCO2. The first-order valence-corrected chi connectivity index (χ1v) is 5.75. The number of hydrogen-bond donors (Lipinski definition) is 1. The fourth-order valence-electron chi connectivity index (χ4n) is 2.09. The third-order valence-corrected chi connectivity index (χ3v) is 2.89. The van der Waals surface area contributed by atoms with Crippen LogP contribution in [0.25, 0.3) is 0 Å². The second-order valence-electron chi connectivity index (χ2n) is 4.02. The maximum atomic E-state index is 10.2. The minimum absolute atomic E-state index is 0.511. The number of aliphatic hydroxyl groups excluding tert-OH is 1. The summed E-state index contributed by atoms with van der Waals surface area (Å²) in [6.45, 7) is 1.70. The van der Waals surface area contributed by atoms with Crippen LogP contribution < -0.4 is 9.47 Å². The average molecular weight is 234 g/mol. The van der Waals surface area contributed by atoms with Crippen LogP contribution in [0.2, 0.25) is 0 Å². The number of benzene rings is 1. The van der Waals surface area contributed by atoms with E-state index in [4.69, 9.17) is 14.2 Å². The van der Waals surface area contributed by atoms with Crippen LogP contribution in [0.15, 0.2) is 30.0 Å². The Morgan fingerprint density at radius 1 is 1.06 bits per heavy atom. The molecular formula is C13H14O4. The summed E-state index contributed by atoms with van der Waals surface area (Å²) in [6, 6.07) is 5.52. The van der Waals surface area contributed by atoms with Crippen molar-refractivity contribution in [2.45, 2.75) is 12.5 Å². The maximum Gasteiger partial charge on any atom is 0.167 e. The summed E-state index contributed by atoms with van der Waals surface area (Å²) in [5.41, 5.74) is 0.704. The minimum Gasteiger partial charge on any atom is -0.495 e. The normalized spacial score (nSPS) is 19.5. The molecule has 0 saturated heterocycles. The van der Waals surface area contributed by atoms with Gasteiger partial charge in [-0.3, -0.25) is 0 Å². The van der Waals surface area contributed by atoms with E-state index in [-0.39, 0.29) is 0 Å². The summed E-state index contributed by atoms with van der Waals surface area (Å²) < 4.78 is 16.4. The summed E-state index contributed by atoms with van der Waals surface area (Å²) >= 11 is 0. The lowest BCUT2D eigenvalue weighted by Crippen LogP contribution is -2.17. The lowest BCUT2D eigenvalue weighted by Gasteiger charge is -2.23. The van der Waals surface area contributed by atoms with Crippen LogP contribution in [0.1, 0.15) is 18.1 Å². The van der Waals surface area contributed by atoms with E-state index in [0.717, 1.165) is 6.42 Å². The van der Waals surface area contributed by atoms with Gasteiger partial charge in [-0.05, 0) is 12.1 Å². The molecular weight excluding hydrogens is 220 g/mol. The molecule has 4 heteroatoms. The fraction of sp³-hybridized carbons (Fsp3) is 0.385. The molecule has 1 N–H and O–H groups in total. The molecule has 1 aromatic carbocycles. The van der Waals surface area contributed by atoms with Gasteiger partial charge in [-0.2, -0.15) is 0 Å². The molecule has 1 atom stereocenters. The summed E-state index contributed by atoms with van der Waals surface area (Å²) in [4.78, 5) is 0. The zero-order valence-electron chi connectivity index (χ0n) is 9.39. The zero-order chi connectivity index (χ0) is 11.7. The topological polar surface area (TPSA) is 47.9 Å². The van der Waals surface area contributed by atoms with Gasteiger partial charge in [0.05, 0.1) is 6.61 Å². The van der Waals surface area contributed by atoms with Crippen LogP contribution >= 0.6 is 0 Å². The smallest absolute Gasteiger partial charge is 0.167 e. The van der Waals surface area contributed by atoms with Gasteiger partial charge in [0.2, 0.25) is 0 Å². The quantitative estimate of drug-likeness (QED) is 0.847. The molecule has 0 radical (unpaired) electrons. The second-order valence-corrected chi connectivity index (χ2v) is 4.02. The summed E-state index contributed by atoms with van der Waals surface area (Å²) in [6.07, 6.45) is 1.99. The largest absolute Gasteiger partial charge is 0.495 e. The Balaban J connectivity index is 1.96. The lowest BCUT2D eigenvalue weighted by atomic mass is 10.1. The highest BCUT2D eigenvalue weighted by Gasteiger charge is 2.25. The van der Waals surface area contributed by atoms with Crippen molar-refractivity contribution in [1.82, 2.24) is 0 Å². The first-order chi connectivity index (χ1) is 8.36. The molecule has 1 unspecified atom stereocenters. The fourth-order valence-corrected chi connectivity index (χ4v) is 2.09. The highest BCUT2D eigenvalue weighted by molar-refractivity contribution is 5.49. The standard InChI is InChI=1S/C13H14O4/c14-12(10-5-2-6-15-10)9-3-1-4-11-13(9)17-8-7-16-11/h1,3-5,12,14H,2,6-8H2. The van der Waals surface area contributed by atoms with Crippen LogP contribution in [-0.4, -0.2) is 24.9 Å². The number of hydrogen-bond acceptors (Lipinski definition) is 4. The molecule has 0 aliphatic carbocycles. The van der Waals surface area contributed by atoms with Gasteiger partial charge in [-0.15, -0.1) is 0 Å². The summed E-state index contributed by atoms with van der Waals surface area (Å²) in [7, 11) is 0. The zero-order valence-corrected chi connectivity index (χ0v) is 9.39. The van der Waals surface area contributed by atoms with E-state index < -0.39 is 6.10 Å². The molecule has 0 aromatic heterocycles. The number of para-hydroxylation sites is 1. The van der Waals surface area contributed by atoms with Gasteiger partial charge in [0, 0.05) is 12.0 Å². The Morgan fingerprint density at radius 2 is 1.94 bits per heavy atom. The molecule has 2 aliphatic heterocycles. The molecule has 0 fully saturated rings. The van der Waals surface area contributed by atoms with E-state index in [9.17, 15) is 5.11 Å². The molecule has 1 aromatic rings. The van der Waals surface area contributed by atoms with Gasteiger partial charge in [-0.1, -0.05) is 12.1 Å². The summed E-state index contributed by atoms with van der Waals surface area (Å²) in [5, 5.41) is 10.2. The van der Waals surface area contributed by atoms with Gasteiger partial charge in [0.25, 0.3) is 0 Å². The molecule has 2 aliphatic rings. The van der Waals surface area contributed by atoms with E-state index in [1.54, 1.807) is 0 Å². The molecule has 17 heavy (non-hydrogen) atoms. The molecule has 0 spiro atoms. The van der Waals surface area contributed by atoms with Crippen LogP contribution in [0, 0.1) is 0 Å². The van der Waals surface area contributed by atoms with E-state index >= 15 is 0 Å². The maximum absolute atomic E-state index is 10.2. The van der Waals surface area contributed by atoms with Gasteiger partial charge in [0.1, 0.15) is 25.1 Å². The van der Waals surface area contributed by atoms with Crippen molar-refractivity contribution in [3.05, 3.63) is 35.6 Å². The Hall–Kier alpha value is -1.68. The third-order valence-electron chi connectivity index (χ3n) is 2.89. The molecule has 0 bridgehead atoms. The van der Waals surface area contributed by atoms with E-state index in [1.165, 1.54) is 0 Å². The van der Waals surface area contributed by atoms with Crippen molar-refractivity contribution in [3.8, 4) is 11.5 Å². The van der Waals surface area contributed by atoms with Gasteiger partial charge in [-0.25, -0.2) is 0 Å². The van der Waals surface area contributed by atoms with Crippen molar-refractivity contribution in [2.75, 3.05) is 19.8 Å². The lowest BCUT2D eigenvalue weighted by molar-refractivity contribution is 0.110. The van der Waals surface area contributed by atoms with Crippen molar-refractivity contribution in [1.29, 1.82) is 0 Å². The van der Waals surface area contributed by atoms with Crippen LogP contribution in [-0.2, 0) is 4.74 Å². The van der Waals surface area contributed by atoms with Crippen molar-refractivity contribution in [3.63, 3.8) is 0 Å². The monoisotopic (exact) mass is 234 g/mol. The van der Waals surface area contributed by atoms with Crippen LogP contribution in [0.4, 0.5) is 0 Å². The van der Waals surface area contributed by atoms with E-state index in [2.05, 4.69) is 0 Å². The molecule has 0 saturated carbocycles. The van der Waals surface area contributed by atoms with E-state index in [1.807, 2.05) is 24.3 Å². The van der Waals surface area contributed by atoms with Gasteiger partial charge < -0.3 is 19.3 Å². The number of rotatable bonds is 2. The number of aliphatic hydroxyl groups is 1.